The molecule has 3 heteroatoms. The minimum absolute atomic E-state index is 0.261. The number of unbranched alkanes of at least 4 members (excludes halogenated alkanes) is 3. The number of aliphatic hydroxyl groups is 1. The van der Waals surface area contributed by atoms with Gasteiger partial charge >= 0.3 is 0 Å². The second kappa shape index (κ2) is 13.7. The molecule has 29 heavy (non-hydrogen) atoms. The van der Waals surface area contributed by atoms with Crippen LogP contribution < -0.4 is 0 Å². The zero-order valence-electron chi connectivity index (χ0n) is 19.7. The van der Waals surface area contributed by atoms with Gasteiger partial charge in [-0.25, -0.2) is 0 Å². The summed E-state index contributed by atoms with van der Waals surface area (Å²) in [5.74, 6) is 10.7. The summed E-state index contributed by atoms with van der Waals surface area (Å²) in [6.45, 7) is 15.3. The molecule has 2 atom stereocenters. The van der Waals surface area contributed by atoms with E-state index in [9.17, 15) is 5.11 Å². The molecular formula is C26H42OS2. The first kappa shape index (κ1) is 26.5. The molecule has 2 unspecified atom stereocenters. The van der Waals surface area contributed by atoms with Crippen molar-refractivity contribution in [1.82, 2.24) is 0 Å². The summed E-state index contributed by atoms with van der Waals surface area (Å²) >= 11 is 3.90. The molecule has 0 fully saturated rings. The molecule has 1 aromatic carbocycles. The maximum absolute atomic E-state index is 11.7. The van der Waals surface area contributed by atoms with Crippen molar-refractivity contribution in [3.63, 3.8) is 0 Å². The van der Waals surface area contributed by atoms with E-state index >= 15 is 0 Å². The van der Waals surface area contributed by atoms with Crippen LogP contribution in [-0.2, 0) is 0 Å². The summed E-state index contributed by atoms with van der Waals surface area (Å²) in [6.07, 6.45) is 5.15. The van der Waals surface area contributed by atoms with Gasteiger partial charge in [0.2, 0.25) is 0 Å². The van der Waals surface area contributed by atoms with Gasteiger partial charge in [-0.3, -0.25) is 0 Å². The van der Waals surface area contributed by atoms with E-state index < -0.39 is 10.9 Å². The van der Waals surface area contributed by atoms with Crippen molar-refractivity contribution in [3.8, 4) is 11.8 Å². The average molecular weight is 435 g/mol. The van der Waals surface area contributed by atoms with Gasteiger partial charge in [0.1, 0.15) is 10.9 Å². The van der Waals surface area contributed by atoms with E-state index in [0.29, 0.717) is 0 Å². The van der Waals surface area contributed by atoms with Crippen LogP contribution in [-0.4, -0.2) is 27.1 Å². The normalized spacial score (nSPS) is 14.4. The van der Waals surface area contributed by atoms with Crippen LogP contribution in [0.2, 0.25) is 0 Å². The summed E-state index contributed by atoms with van der Waals surface area (Å²) in [5.41, 5.74) is 4.67. The fraction of sp³-hybridized carbons (Fsp3) is 0.692. The lowest BCUT2D eigenvalue weighted by Gasteiger charge is -2.38. The number of benzene rings is 1. The van der Waals surface area contributed by atoms with Crippen LogP contribution in [0.1, 0.15) is 88.2 Å². The zero-order chi connectivity index (χ0) is 21.9. The maximum Gasteiger partial charge on any atom is 0.109 e. The van der Waals surface area contributed by atoms with Crippen molar-refractivity contribution < 1.29 is 5.11 Å². The first-order valence-corrected chi connectivity index (χ1v) is 13.4. The van der Waals surface area contributed by atoms with Crippen LogP contribution in [0, 0.1) is 38.5 Å². The molecule has 0 saturated carbocycles. The van der Waals surface area contributed by atoms with Crippen molar-refractivity contribution in [2.24, 2.45) is 5.92 Å². The van der Waals surface area contributed by atoms with Crippen LogP contribution in [0.4, 0.5) is 0 Å². The molecule has 0 amide bonds. The molecule has 0 bridgehead atoms. The van der Waals surface area contributed by atoms with Gasteiger partial charge in [-0.05, 0) is 62.0 Å². The van der Waals surface area contributed by atoms with Crippen LogP contribution in [0.5, 0.6) is 0 Å². The van der Waals surface area contributed by atoms with E-state index in [1.54, 1.807) is 0 Å². The predicted octanol–water partition coefficient (Wildman–Crippen LogP) is 7.50. The highest BCUT2D eigenvalue weighted by atomic mass is 32.2. The molecule has 0 spiro atoms. The zero-order valence-corrected chi connectivity index (χ0v) is 21.4. The molecule has 1 nitrogen and oxygen atoms in total. The highest BCUT2D eigenvalue weighted by Crippen LogP contribution is 2.45. The number of aryl methyl sites for hydroxylation is 3. The minimum Gasteiger partial charge on any atom is -0.386 e. The number of aliphatic hydroxyl groups excluding tert-OH is 1. The first-order chi connectivity index (χ1) is 13.8. The summed E-state index contributed by atoms with van der Waals surface area (Å²) in [6, 6.07) is 4.37. The molecule has 1 aromatic rings. The second-order valence-electron chi connectivity index (χ2n) is 8.38. The van der Waals surface area contributed by atoms with Crippen LogP contribution in [0.3, 0.4) is 0 Å². The van der Waals surface area contributed by atoms with Crippen molar-refractivity contribution in [1.29, 1.82) is 0 Å². The Hall–Kier alpha value is -0.560. The minimum atomic E-state index is -0.581. The topological polar surface area (TPSA) is 20.2 Å². The molecule has 0 saturated heterocycles. The van der Waals surface area contributed by atoms with Crippen LogP contribution >= 0.6 is 23.5 Å². The molecule has 1 rings (SSSR count). The summed E-state index contributed by atoms with van der Waals surface area (Å²) in [4.78, 5) is 0. The smallest absolute Gasteiger partial charge is 0.109 e. The van der Waals surface area contributed by atoms with Crippen LogP contribution in [0.25, 0.3) is 0 Å². The Bertz CT molecular complexity index is 648. The molecular weight excluding hydrogens is 392 g/mol. The van der Waals surface area contributed by atoms with E-state index in [1.165, 1.54) is 35.3 Å². The Labute approximate surface area is 189 Å². The van der Waals surface area contributed by atoms with E-state index in [0.717, 1.165) is 36.3 Å². The Morgan fingerprint density at radius 3 is 2.14 bits per heavy atom. The molecule has 1 N–H and O–H groups in total. The molecule has 0 heterocycles. The Balaban J connectivity index is 3.20. The third-order valence-electron chi connectivity index (χ3n) is 5.43. The quantitative estimate of drug-likeness (QED) is 0.272. The van der Waals surface area contributed by atoms with Gasteiger partial charge in [0.25, 0.3) is 0 Å². The third kappa shape index (κ3) is 7.89. The third-order valence-corrected chi connectivity index (χ3v) is 8.44. The predicted molar refractivity (Wildman–Crippen MR) is 135 cm³/mol. The van der Waals surface area contributed by atoms with E-state index in [4.69, 9.17) is 0 Å². The number of thioether (sulfide) groups is 2. The Kier molecular flexibility index (Phi) is 12.5. The molecule has 0 radical (unpaired) electrons. The van der Waals surface area contributed by atoms with Crippen LogP contribution in [0.15, 0.2) is 12.1 Å². The molecule has 0 aliphatic rings. The lowest BCUT2D eigenvalue weighted by molar-refractivity contribution is 0.130. The van der Waals surface area contributed by atoms with Crippen molar-refractivity contribution >= 4 is 23.5 Å². The number of hydrogen-bond donors (Lipinski definition) is 1. The van der Waals surface area contributed by atoms with Crippen molar-refractivity contribution in [2.75, 3.05) is 17.3 Å². The van der Waals surface area contributed by atoms with Gasteiger partial charge in [-0.1, -0.05) is 64.2 Å². The highest BCUT2D eigenvalue weighted by Gasteiger charge is 2.42. The standard InChI is InChI=1S/C26H42OS2/c1-8-10-12-13-14-26(20(3)4,29-17-16-28-15-11-9-2)25(27)24-22(6)18-21(5)19-23(24)7/h18-20,25,27H,8-12,15-17H2,1-7H3. The van der Waals surface area contributed by atoms with E-state index in [2.05, 4.69) is 72.4 Å². The highest BCUT2D eigenvalue weighted by molar-refractivity contribution is 8.03. The lowest BCUT2D eigenvalue weighted by Crippen LogP contribution is -2.38. The SMILES string of the molecule is CCCCC#CC(SCCSCCCC)(C(C)C)C(O)c1c(C)cc(C)cc1C. The van der Waals surface area contributed by atoms with Gasteiger partial charge in [-0.2, -0.15) is 11.8 Å². The van der Waals surface area contributed by atoms with Gasteiger partial charge in [0, 0.05) is 17.9 Å². The summed E-state index contributed by atoms with van der Waals surface area (Å²) in [7, 11) is 0. The first-order valence-electron chi connectivity index (χ1n) is 11.3. The van der Waals surface area contributed by atoms with Crippen molar-refractivity contribution in [2.45, 2.75) is 91.4 Å². The van der Waals surface area contributed by atoms with E-state index in [-0.39, 0.29) is 5.92 Å². The molecule has 164 valence electrons. The molecule has 0 aromatic heterocycles. The van der Waals surface area contributed by atoms with Crippen molar-refractivity contribution in [3.05, 3.63) is 34.4 Å². The largest absolute Gasteiger partial charge is 0.386 e. The van der Waals surface area contributed by atoms with Gasteiger partial charge in [-0.15, -0.1) is 17.7 Å². The van der Waals surface area contributed by atoms with E-state index in [1.807, 2.05) is 23.5 Å². The molecule has 0 aliphatic carbocycles. The fourth-order valence-corrected chi connectivity index (χ4v) is 6.32. The lowest BCUT2D eigenvalue weighted by atomic mass is 9.82. The number of hydrogen-bond acceptors (Lipinski definition) is 3. The monoisotopic (exact) mass is 434 g/mol. The Morgan fingerprint density at radius 1 is 0.966 bits per heavy atom. The second-order valence-corrected chi connectivity index (χ2v) is 11.0. The maximum atomic E-state index is 11.7. The fourth-order valence-electron chi connectivity index (χ4n) is 3.73. The summed E-state index contributed by atoms with van der Waals surface area (Å²) < 4.78 is -0.468. The molecule has 0 aliphatic heterocycles. The number of rotatable bonds is 12. The average Bonchev–Trinajstić information content (AvgIpc) is 2.65. The van der Waals surface area contributed by atoms with Gasteiger partial charge in [0.05, 0.1) is 0 Å². The summed E-state index contributed by atoms with van der Waals surface area (Å²) in [5, 5.41) is 11.7. The Morgan fingerprint density at radius 2 is 1.59 bits per heavy atom. The van der Waals surface area contributed by atoms with Gasteiger partial charge in [0.15, 0.2) is 0 Å². The van der Waals surface area contributed by atoms with Gasteiger partial charge < -0.3 is 5.11 Å².